The van der Waals surface area contributed by atoms with Gasteiger partial charge in [0.15, 0.2) is 0 Å². The van der Waals surface area contributed by atoms with Crippen molar-refractivity contribution in [2.75, 3.05) is 19.0 Å². The van der Waals surface area contributed by atoms with E-state index in [0.717, 1.165) is 17.0 Å². The molecule has 0 radical (unpaired) electrons. The van der Waals surface area contributed by atoms with Gasteiger partial charge in [0.05, 0.1) is 0 Å². The molecule has 3 nitrogen and oxygen atoms in total. The van der Waals surface area contributed by atoms with Crippen molar-refractivity contribution < 1.29 is 0 Å². The lowest BCUT2D eigenvalue weighted by Crippen LogP contribution is -2.21. The summed E-state index contributed by atoms with van der Waals surface area (Å²) in [4.78, 5) is 17.6. The lowest BCUT2D eigenvalue weighted by molar-refractivity contribution is 0.590. The smallest absolute Gasteiger partial charge is 0.205 e. The molecule has 3 heteroatoms. The summed E-state index contributed by atoms with van der Waals surface area (Å²) >= 11 is 0. The minimum absolute atomic E-state index is 0.0514. The second-order valence-electron chi connectivity index (χ2n) is 7.19. The number of H-pyrrole nitrogens is 1. The van der Waals surface area contributed by atoms with Crippen molar-refractivity contribution >= 4 is 5.69 Å². The number of benzene rings is 1. The van der Waals surface area contributed by atoms with Crippen LogP contribution in [0, 0.1) is 13.8 Å². The number of hydrogen-bond acceptors (Lipinski definition) is 2. The van der Waals surface area contributed by atoms with Gasteiger partial charge in [-0.05, 0) is 30.4 Å². The first-order valence-corrected chi connectivity index (χ1v) is 7.64. The summed E-state index contributed by atoms with van der Waals surface area (Å²) < 4.78 is 0. The van der Waals surface area contributed by atoms with Crippen LogP contribution in [0.1, 0.15) is 37.6 Å². The second-order valence-corrected chi connectivity index (χ2v) is 7.19. The Morgan fingerprint density at radius 2 is 1.68 bits per heavy atom. The number of aryl methyl sites for hydroxylation is 2. The molecule has 0 spiro atoms. The van der Waals surface area contributed by atoms with Crippen LogP contribution in [-0.4, -0.2) is 19.1 Å². The molecule has 2 rings (SSSR count). The summed E-state index contributed by atoms with van der Waals surface area (Å²) in [5, 5.41) is 0. The van der Waals surface area contributed by atoms with E-state index in [-0.39, 0.29) is 10.8 Å². The zero-order valence-electron chi connectivity index (χ0n) is 14.7. The summed E-state index contributed by atoms with van der Waals surface area (Å²) in [6.07, 6.45) is 0. The molecule has 0 saturated heterocycles. The van der Waals surface area contributed by atoms with Crippen LogP contribution >= 0.6 is 0 Å². The largest absolute Gasteiger partial charge is 0.373 e. The molecule has 0 aliphatic rings. The molecular formula is C19H26N2O. The highest BCUT2D eigenvalue weighted by molar-refractivity contribution is 5.67. The Morgan fingerprint density at radius 3 is 2.14 bits per heavy atom. The lowest BCUT2D eigenvalue weighted by atomic mass is 9.85. The highest BCUT2D eigenvalue weighted by Gasteiger charge is 2.16. The Balaban J connectivity index is 2.56. The van der Waals surface area contributed by atoms with Gasteiger partial charge in [0.2, 0.25) is 5.43 Å². The monoisotopic (exact) mass is 298 g/mol. The van der Waals surface area contributed by atoms with Gasteiger partial charge in [-0.25, -0.2) is 0 Å². The number of anilines is 1. The minimum Gasteiger partial charge on any atom is -0.373 e. The maximum absolute atomic E-state index is 12.4. The van der Waals surface area contributed by atoms with Crippen molar-refractivity contribution in [1.29, 1.82) is 0 Å². The Morgan fingerprint density at radius 1 is 1.05 bits per heavy atom. The fourth-order valence-corrected chi connectivity index (χ4v) is 2.81. The Labute approximate surface area is 133 Å². The Hall–Kier alpha value is -2.03. The molecule has 1 aromatic carbocycles. The average Bonchev–Trinajstić information content (AvgIpc) is 2.35. The van der Waals surface area contributed by atoms with Gasteiger partial charge < -0.3 is 9.88 Å². The van der Waals surface area contributed by atoms with Crippen molar-refractivity contribution in [2.24, 2.45) is 0 Å². The molecule has 22 heavy (non-hydrogen) atoms. The van der Waals surface area contributed by atoms with Crippen LogP contribution in [0.3, 0.4) is 0 Å². The lowest BCUT2D eigenvalue weighted by Gasteiger charge is -2.21. The Bertz CT molecular complexity index is 749. The zero-order valence-corrected chi connectivity index (χ0v) is 14.7. The van der Waals surface area contributed by atoms with E-state index < -0.39 is 0 Å². The maximum Gasteiger partial charge on any atom is 0.205 e. The van der Waals surface area contributed by atoms with Crippen molar-refractivity contribution in [2.45, 2.75) is 40.0 Å². The summed E-state index contributed by atoms with van der Waals surface area (Å²) in [5.41, 5.74) is 6.24. The maximum atomic E-state index is 12.4. The number of rotatable bonds is 2. The first-order valence-electron chi connectivity index (χ1n) is 7.64. The predicted molar refractivity (Wildman–Crippen MR) is 95.0 cm³/mol. The van der Waals surface area contributed by atoms with E-state index in [4.69, 9.17) is 0 Å². The topological polar surface area (TPSA) is 36.1 Å². The van der Waals surface area contributed by atoms with Crippen molar-refractivity contribution in [3.05, 3.63) is 51.3 Å². The second kappa shape index (κ2) is 5.64. The molecular weight excluding hydrogens is 272 g/mol. The van der Waals surface area contributed by atoms with Gasteiger partial charge in [0, 0.05) is 37.1 Å². The number of pyridine rings is 1. The molecule has 0 bridgehead atoms. The van der Waals surface area contributed by atoms with E-state index in [0.29, 0.717) is 5.69 Å². The van der Waals surface area contributed by atoms with Crippen molar-refractivity contribution in [3.63, 3.8) is 0 Å². The summed E-state index contributed by atoms with van der Waals surface area (Å²) in [6, 6.07) is 8.16. The quantitative estimate of drug-likeness (QED) is 0.909. The van der Waals surface area contributed by atoms with Gasteiger partial charge in [0.25, 0.3) is 0 Å². The molecule has 1 N–H and O–H groups in total. The number of aromatic amines is 1. The molecule has 118 valence electrons. The fourth-order valence-electron chi connectivity index (χ4n) is 2.81. The normalized spacial score (nSPS) is 11.6. The standard InChI is InChI=1S/C19H26N2O/c1-12-10-14(19(3,4)5)8-9-15(12)16-11-17(22)18(21(6)7)13(2)20-16/h8-11H,1-7H3,(H,20,22). The van der Waals surface area contributed by atoms with Crippen LogP contribution in [0.4, 0.5) is 5.69 Å². The Kier molecular flexibility index (Phi) is 4.19. The van der Waals surface area contributed by atoms with E-state index in [1.165, 1.54) is 11.1 Å². The average molecular weight is 298 g/mol. The van der Waals surface area contributed by atoms with E-state index in [2.05, 4.69) is 50.9 Å². The number of nitrogens with zero attached hydrogens (tertiary/aromatic N) is 1. The third-order valence-electron chi connectivity index (χ3n) is 4.02. The molecule has 0 fully saturated rings. The van der Waals surface area contributed by atoms with Crippen LogP contribution in [0.2, 0.25) is 0 Å². The molecule has 0 atom stereocenters. The van der Waals surface area contributed by atoms with Crippen LogP contribution in [0.5, 0.6) is 0 Å². The van der Waals surface area contributed by atoms with E-state index in [9.17, 15) is 4.79 Å². The van der Waals surface area contributed by atoms with Gasteiger partial charge in [-0.2, -0.15) is 0 Å². The summed E-state index contributed by atoms with van der Waals surface area (Å²) in [5.74, 6) is 0. The fraction of sp³-hybridized carbons (Fsp3) is 0.421. The first kappa shape index (κ1) is 16.3. The molecule has 0 saturated carbocycles. The first-order chi connectivity index (χ1) is 10.1. The number of nitrogens with one attached hydrogen (secondary N) is 1. The third kappa shape index (κ3) is 3.08. The van der Waals surface area contributed by atoms with Crippen LogP contribution in [0.15, 0.2) is 29.1 Å². The summed E-state index contributed by atoms with van der Waals surface area (Å²) in [6.45, 7) is 10.7. The highest BCUT2D eigenvalue weighted by Crippen LogP contribution is 2.28. The predicted octanol–water partition coefficient (Wildman–Crippen LogP) is 4.02. The number of hydrogen-bond donors (Lipinski definition) is 1. The van der Waals surface area contributed by atoms with Crippen molar-refractivity contribution in [3.8, 4) is 11.3 Å². The van der Waals surface area contributed by atoms with E-state index in [1.807, 2.05) is 25.9 Å². The van der Waals surface area contributed by atoms with E-state index in [1.54, 1.807) is 6.07 Å². The number of aromatic nitrogens is 1. The molecule has 1 heterocycles. The summed E-state index contributed by atoms with van der Waals surface area (Å²) in [7, 11) is 3.78. The van der Waals surface area contributed by atoms with Gasteiger partial charge in [0.1, 0.15) is 5.69 Å². The van der Waals surface area contributed by atoms with Crippen molar-refractivity contribution in [1.82, 2.24) is 4.98 Å². The van der Waals surface area contributed by atoms with Gasteiger partial charge in [-0.15, -0.1) is 0 Å². The minimum atomic E-state index is 0.0514. The van der Waals surface area contributed by atoms with Crippen LogP contribution in [-0.2, 0) is 5.41 Å². The zero-order chi connectivity index (χ0) is 16.7. The molecule has 0 aliphatic heterocycles. The highest BCUT2D eigenvalue weighted by atomic mass is 16.1. The SMILES string of the molecule is Cc1cc(C(C)(C)C)ccc1-c1cc(=O)c(N(C)C)c(C)[nH]1. The van der Waals surface area contributed by atoms with E-state index >= 15 is 0 Å². The van der Waals surface area contributed by atoms with Crippen LogP contribution in [0.25, 0.3) is 11.3 Å². The van der Waals surface area contributed by atoms with Gasteiger partial charge in [-0.3, -0.25) is 4.79 Å². The molecule has 0 unspecified atom stereocenters. The third-order valence-corrected chi connectivity index (χ3v) is 4.02. The van der Waals surface area contributed by atoms with Crippen LogP contribution < -0.4 is 10.3 Å². The van der Waals surface area contributed by atoms with Gasteiger partial charge >= 0.3 is 0 Å². The molecule has 1 aromatic heterocycles. The molecule has 0 aliphatic carbocycles. The molecule has 0 amide bonds. The van der Waals surface area contributed by atoms with Gasteiger partial charge in [-0.1, -0.05) is 39.0 Å². The molecule has 2 aromatic rings.